The third kappa shape index (κ3) is 2.51. The summed E-state index contributed by atoms with van der Waals surface area (Å²) < 4.78 is 10.7. The average molecular weight is 214 g/mol. The zero-order chi connectivity index (χ0) is 10.4. The van der Waals surface area contributed by atoms with Crippen LogP contribution in [0.15, 0.2) is 11.2 Å². The van der Waals surface area contributed by atoms with E-state index in [0.717, 1.165) is 4.90 Å². The van der Waals surface area contributed by atoms with Crippen LogP contribution in [0.2, 0.25) is 0 Å². The first kappa shape index (κ1) is 11.1. The van der Waals surface area contributed by atoms with Crippen molar-refractivity contribution in [3.63, 3.8) is 0 Å². The van der Waals surface area contributed by atoms with Crippen molar-refractivity contribution in [2.75, 3.05) is 19.5 Å². The van der Waals surface area contributed by atoms with Gasteiger partial charge in [0, 0.05) is 0 Å². The number of hydrogen-bond acceptors (Lipinski definition) is 5. The minimum atomic E-state index is 0.593. The molecule has 0 saturated heterocycles. The monoisotopic (exact) mass is 214 g/mol. The molecule has 5 heteroatoms. The van der Waals surface area contributed by atoms with Gasteiger partial charge in [-0.3, -0.25) is 0 Å². The number of rotatable bonds is 5. The minimum absolute atomic E-state index is 0.593. The van der Waals surface area contributed by atoms with Gasteiger partial charge in [-0.2, -0.15) is 0 Å². The van der Waals surface area contributed by atoms with Crippen LogP contribution < -0.4 is 9.47 Å². The number of hydrogen-bond donors (Lipinski definition) is 0. The van der Waals surface area contributed by atoms with Crippen LogP contribution in [0.5, 0.6) is 11.8 Å². The summed E-state index contributed by atoms with van der Waals surface area (Å²) in [6.45, 7) is 5.03. The fourth-order valence-corrected chi connectivity index (χ4v) is 1.57. The molecular weight excluding hydrogens is 200 g/mol. The van der Waals surface area contributed by atoms with E-state index in [9.17, 15) is 0 Å². The first-order chi connectivity index (χ1) is 6.83. The van der Waals surface area contributed by atoms with Crippen molar-refractivity contribution >= 4 is 11.8 Å². The lowest BCUT2D eigenvalue weighted by atomic mass is 10.6. The lowest BCUT2D eigenvalue weighted by Gasteiger charge is -2.10. The molecule has 1 aromatic heterocycles. The average Bonchev–Trinajstić information content (AvgIpc) is 2.19. The molecule has 78 valence electrons. The van der Waals surface area contributed by atoms with E-state index in [2.05, 4.69) is 9.97 Å². The van der Waals surface area contributed by atoms with Crippen molar-refractivity contribution in [2.45, 2.75) is 18.7 Å². The lowest BCUT2D eigenvalue weighted by Crippen LogP contribution is -2.01. The summed E-state index contributed by atoms with van der Waals surface area (Å²) in [6, 6.07) is 0. The predicted octanol–water partition coefficient (Wildman–Crippen LogP) is 2.00. The van der Waals surface area contributed by atoms with Crippen molar-refractivity contribution in [3.05, 3.63) is 6.33 Å². The number of aromatic nitrogens is 2. The Morgan fingerprint density at radius 2 is 1.64 bits per heavy atom. The van der Waals surface area contributed by atoms with E-state index in [1.165, 1.54) is 18.1 Å². The van der Waals surface area contributed by atoms with Gasteiger partial charge in [-0.15, -0.1) is 11.8 Å². The van der Waals surface area contributed by atoms with E-state index in [-0.39, 0.29) is 0 Å². The molecular formula is C9H14N2O2S. The van der Waals surface area contributed by atoms with Gasteiger partial charge in [-0.05, 0) is 20.1 Å². The fraction of sp³-hybridized carbons (Fsp3) is 0.556. The van der Waals surface area contributed by atoms with Crippen LogP contribution >= 0.6 is 11.8 Å². The highest BCUT2D eigenvalue weighted by atomic mass is 32.2. The van der Waals surface area contributed by atoms with Crippen molar-refractivity contribution in [3.8, 4) is 11.8 Å². The van der Waals surface area contributed by atoms with E-state index in [4.69, 9.17) is 9.47 Å². The van der Waals surface area contributed by atoms with Gasteiger partial charge >= 0.3 is 0 Å². The zero-order valence-electron chi connectivity index (χ0n) is 8.61. The number of thioether (sulfide) groups is 1. The highest BCUT2D eigenvalue weighted by molar-refractivity contribution is 7.98. The van der Waals surface area contributed by atoms with Crippen LogP contribution in [-0.2, 0) is 0 Å². The standard InChI is InChI=1S/C9H14N2O2S/c1-4-12-8-7(14-3)9(13-5-2)11-6-10-8/h6H,4-5H2,1-3H3. The Morgan fingerprint density at radius 3 is 2.00 bits per heavy atom. The second kappa shape index (κ2) is 5.70. The van der Waals surface area contributed by atoms with E-state index in [1.54, 1.807) is 0 Å². The van der Waals surface area contributed by atoms with E-state index >= 15 is 0 Å². The maximum absolute atomic E-state index is 5.36. The first-order valence-electron chi connectivity index (χ1n) is 4.48. The number of ether oxygens (including phenoxy) is 2. The van der Waals surface area contributed by atoms with Crippen molar-refractivity contribution < 1.29 is 9.47 Å². The Balaban J connectivity index is 2.98. The molecule has 0 N–H and O–H groups in total. The predicted molar refractivity (Wildman–Crippen MR) is 56.2 cm³/mol. The molecule has 1 rings (SSSR count). The van der Waals surface area contributed by atoms with Crippen molar-refractivity contribution in [1.29, 1.82) is 0 Å². The molecule has 0 atom stereocenters. The van der Waals surface area contributed by atoms with E-state index in [1.807, 2.05) is 20.1 Å². The molecule has 0 radical (unpaired) electrons. The summed E-state index contributed by atoms with van der Waals surface area (Å²) in [5.74, 6) is 1.19. The molecule has 4 nitrogen and oxygen atoms in total. The quantitative estimate of drug-likeness (QED) is 0.701. The van der Waals surface area contributed by atoms with Gasteiger partial charge in [0.1, 0.15) is 11.2 Å². The second-order valence-electron chi connectivity index (χ2n) is 2.38. The van der Waals surface area contributed by atoms with Gasteiger partial charge in [-0.25, -0.2) is 9.97 Å². The summed E-state index contributed by atoms with van der Waals surface area (Å²) in [5.41, 5.74) is 0. The number of nitrogens with zero attached hydrogens (tertiary/aromatic N) is 2. The molecule has 14 heavy (non-hydrogen) atoms. The van der Waals surface area contributed by atoms with Crippen LogP contribution in [0.4, 0.5) is 0 Å². The smallest absolute Gasteiger partial charge is 0.234 e. The van der Waals surface area contributed by atoms with E-state index < -0.39 is 0 Å². The molecule has 1 heterocycles. The van der Waals surface area contributed by atoms with Crippen molar-refractivity contribution in [1.82, 2.24) is 9.97 Å². The van der Waals surface area contributed by atoms with Crippen LogP contribution in [0.1, 0.15) is 13.8 Å². The molecule has 0 spiro atoms. The molecule has 0 aliphatic heterocycles. The molecule has 1 aromatic rings. The topological polar surface area (TPSA) is 44.2 Å². The maximum atomic E-state index is 5.36. The summed E-state index contributed by atoms with van der Waals surface area (Å²) in [7, 11) is 0. The largest absolute Gasteiger partial charge is 0.477 e. The Hall–Kier alpha value is -0.970. The molecule has 0 unspecified atom stereocenters. The van der Waals surface area contributed by atoms with E-state index in [0.29, 0.717) is 25.0 Å². The van der Waals surface area contributed by atoms with Crippen LogP contribution in [0, 0.1) is 0 Å². The van der Waals surface area contributed by atoms with Crippen LogP contribution in [0.25, 0.3) is 0 Å². The van der Waals surface area contributed by atoms with Gasteiger partial charge in [0.15, 0.2) is 0 Å². The van der Waals surface area contributed by atoms with Gasteiger partial charge in [0.25, 0.3) is 0 Å². The fourth-order valence-electron chi connectivity index (χ4n) is 0.996. The van der Waals surface area contributed by atoms with Crippen LogP contribution in [0.3, 0.4) is 0 Å². The highest BCUT2D eigenvalue weighted by Crippen LogP contribution is 2.32. The van der Waals surface area contributed by atoms with Gasteiger partial charge in [-0.1, -0.05) is 0 Å². The minimum Gasteiger partial charge on any atom is -0.477 e. The normalized spacial score (nSPS) is 9.93. The third-order valence-electron chi connectivity index (χ3n) is 1.50. The second-order valence-corrected chi connectivity index (χ2v) is 3.20. The van der Waals surface area contributed by atoms with Crippen molar-refractivity contribution in [2.24, 2.45) is 0 Å². The Morgan fingerprint density at radius 1 is 1.14 bits per heavy atom. The Kier molecular flexibility index (Phi) is 4.52. The highest BCUT2D eigenvalue weighted by Gasteiger charge is 2.11. The molecule has 0 fully saturated rings. The molecule has 0 bridgehead atoms. The third-order valence-corrected chi connectivity index (χ3v) is 2.26. The first-order valence-corrected chi connectivity index (χ1v) is 5.70. The molecule has 0 aromatic carbocycles. The van der Waals surface area contributed by atoms with Crippen LogP contribution in [-0.4, -0.2) is 29.4 Å². The summed E-state index contributed by atoms with van der Waals surface area (Å²) in [6.07, 6.45) is 3.40. The molecule has 0 aliphatic rings. The SMILES string of the molecule is CCOc1ncnc(OCC)c1SC. The van der Waals surface area contributed by atoms with Gasteiger partial charge in [0.2, 0.25) is 11.8 Å². The molecule has 0 amide bonds. The molecule has 0 saturated carbocycles. The summed E-state index contributed by atoms with van der Waals surface area (Å²) in [4.78, 5) is 8.95. The lowest BCUT2D eigenvalue weighted by molar-refractivity contribution is 0.289. The Bertz CT molecular complexity index is 270. The molecule has 0 aliphatic carbocycles. The Labute approximate surface area is 88.0 Å². The van der Waals surface area contributed by atoms with Gasteiger partial charge < -0.3 is 9.47 Å². The maximum Gasteiger partial charge on any atom is 0.234 e. The summed E-state index contributed by atoms with van der Waals surface area (Å²) >= 11 is 1.53. The summed E-state index contributed by atoms with van der Waals surface area (Å²) in [5, 5.41) is 0. The van der Waals surface area contributed by atoms with Gasteiger partial charge in [0.05, 0.1) is 13.2 Å². The zero-order valence-corrected chi connectivity index (χ0v) is 9.43.